The summed E-state index contributed by atoms with van der Waals surface area (Å²) in [5.74, 6) is 0. The minimum Gasteiger partial charge on any atom is -0.339 e. The lowest BCUT2D eigenvalue weighted by molar-refractivity contribution is 0.923. The number of aromatic nitrogens is 7. The molecule has 3 heterocycles. The number of nitrogens with zero attached hydrogens (tertiary/aromatic N) is 1. The van der Waals surface area contributed by atoms with E-state index in [1.54, 1.807) is 12.4 Å². The average molecular weight is 357 g/mol. The third kappa shape index (κ3) is 7.98. The van der Waals surface area contributed by atoms with Gasteiger partial charge in [-0.25, -0.2) is 0 Å². The Hall–Kier alpha value is -2.44. The zero-order chi connectivity index (χ0) is 16.4. The van der Waals surface area contributed by atoms with Gasteiger partial charge >= 0.3 is 0 Å². The molecule has 22 heavy (non-hydrogen) atoms. The van der Waals surface area contributed by atoms with Gasteiger partial charge in [0.15, 0.2) is 14.3 Å². The Morgan fingerprint density at radius 3 is 1.68 bits per heavy atom. The van der Waals surface area contributed by atoms with Crippen LogP contribution in [0.25, 0.3) is 0 Å². The molecule has 3 aromatic rings. The van der Waals surface area contributed by atoms with Crippen molar-refractivity contribution in [3.05, 3.63) is 65.9 Å². The minimum atomic E-state index is -0.284. The normalized spacial score (nSPS) is 8.91. The topological polar surface area (TPSA) is 142 Å². The summed E-state index contributed by atoms with van der Waals surface area (Å²) in [6, 6.07) is 1.37. The molecule has 0 spiro atoms. The standard InChI is InChI=1S/C4H4N2OS.C3H3N3OS.C3H4N2S/c7-3-1-2-5-4(8)6-3;7-2-1-4-6-3(8)5-2;6-3-4-1-2-5-3/h1-2H,(H2,5,6,7,8);1H,(H2,5,6,7,8);1-2H,(H2,4,5,6). The van der Waals surface area contributed by atoms with Crippen molar-refractivity contribution in [1.82, 2.24) is 35.1 Å². The maximum Gasteiger partial charge on any atom is 0.270 e. The second-order valence-corrected chi connectivity index (χ2v) is 4.66. The van der Waals surface area contributed by atoms with Crippen LogP contribution >= 0.6 is 36.7 Å². The third-order valence-corrected chi connectivity index (χ3v) is 2.43. The molecule has 3 aromatic heterocycles. The van der Waals surface area contributed by atoms with Crippen molar-refractivity contribution in [2.45, 2.75) is 0 Å². The summed E-state index contributed by atoms with van der Waals surface area (Å²) in [4.78, 5) is 33.5. The molecule has 0 saturated carbocycles. The van der Waals surface area contributed by atoms with Gasteiger partial charge in [0.2, 0.25) is 0 Å². The van der Waals surface area contributed by atoms with Crippen LogP contribution in [-0.4, -0.2) is 35.1 Å². The van der Waals surface area contributed by atoms with Gasteiger partial charge in [-0.05, 0) is 36.7 Å². The van der Waals surface area contributed by atoms with Gasteiger partial charge in [-0.3, -0.25) is 24.7 Å². The predicted octanol–water partition coefficient (Wildman–Crippen LogP) is 1.33. The molecule has 0 bridgehead atoms. The number of hydrogen-bond donors (Lipinski definition) is 6. The highest BCUT2D eigenvalue weighted by Crippen LogP contribution is 1.72. The second-order valence-electron chi connectivity index (χ2n) is 3.44. The summed E-state index contributed by atoms with van der Waals surface area (Å²) in [5.41, 5.74) is -0.456. The number of rotatable bonds is 0. The SMILES string of the molecule is O=c1cc[nH]c(=S)[nH]1.O=c1cn[nH]c(=S)[nH]1.S=c1[nH]cc[nH]1. The molecule has 0 fully saturated rings. The lowest BCUT2D eigenvalue weighted by Crippen LogP contribution is -2.05. The first-order valence-corrected chi connectivity index (χ1v) is 6.84. The van der Waals surface area contributed by atoms with Crippen LogP contribution in [0.15, 0.2) is 40.4 Å². The number of hydrogen-bond acceptors (Lipinski definition) is 6. The monoisotopic (exact) mass is 357 g/mol. The molecule has 0 unspecified atom stereocenters. The van der Waals surface area contributed by atoms with Crippen molar-refractivity contribution in [2.75, 3.05) is 0 Å². The zero-order valence-corrected chi connectivity index (χ0v) is 13.3. The Morgan fingerprint density at radius 2 is 1.36 bits per heavy atom. The van der Waals surface area contributed by atoms with E-state index in [0.29, 0.717) is 9.54 Å². The number of imidazole rings is 1. The molecule has 0 aliphatic heterocycles. The first kappa shape index (κ1) is 17.6. The number of aromatic amines is 6. The van der Waals surface area contributed by atoms with Crippen molar-refractivity contribution in [2.24, 2.45) is 0 Å². The van der Waals surface area contributed by atoms with Gasteiger partial charge in [0.05, 0.1) is 0 Å². The number of H-pyrrole nitrogens is 6. The Balaban J connectivity index is 0.000000167. The highest BCUT2D eigenvalue weighted by atomic mass is 32.1. The van der Waals surface area contributed by atoms with E-state index in [2.05, 4.69) is 71.8 Å². The fraction of sp³-hybridized carbons (Fsp3) is 0. The first-order chi connectivity index (χ1) is 10.5. The minimum absolute atomic E-state index is 0.172. The van der Waals surface area contributed by atoms with Crippen molar-refractivity contribution in [3.63, 3.8) is 0 Å². The molecule has 0 radical (unpaired) electrons. The third-order valence-electron chi connectivity index (χ3n) is 1.78. The van der Waals surface area contributed by atoms with Crippen LogP contribution in [0, 0.1) is 14.3 Å². The predicted molar refractivity (Wildman–Crippen MR) is 88.3 cm³/mol. The molecule has 0 saturated heterocycles. The average Bonchev–Trinajstić information content (AvgIpc) is 2.91. The van der Waals surface area contributed by atoms with Crippen LogP contribution < -0.4 is 11.1 Å². The van der Waals surface area contributed by atoms with E-state index in [1.807, 2.05) is 0 Å². The fourth-order valence-corrected chi connectivity index (χ4v) is 1.44. The molecule has 3 rings (SSSR count). The van der Waals surface area contributed by atoms with E-state index in [-0.39, 0.29) is 15.9 Å². The summed E-state index contributed by atoms with van der Waals surface area (Å²) in [7, 11) is 0. The summed E-state index contributed by atoms with van der Waals surface area (Å²) >= 11 is 13.7. The van der Waals surface area contributed by atoms with Crippen LogP contribution in [-0.2, 0) is 0 Å². The maximum absolute atomic E-state index is 10.3. The molecular weight excluding hydrogens is 346 g/mol. The molecule has 116 valence electrons. The van der Waals surface area contributed by atoms with E-state index < -0.39 is 0 Å². The van der Waals surface area contributed by atoms with Crippen molar-refractivity contribution in [3.8, 4) is 0 Å². The maximum atomic E-state index is 10.3. The van der Waals surface area contributed by atoms with E-state index in [1.165, 1.54) is 12.3 Å². The molecule has 6 N–H and O–H groups in total. The Morgan fingerprint density at radius 1 is 0.773 bits per heavy atom. The van der Waals surface area contributed by atoms with E-state index in [4.69, 9.17) is 0 Å². The molecule has 0 atom stereocenters. The molecule has 0 aliphatic rings. The fourth-order valence-electron chi connectivity index (χ4n) is 0.981. The first-order valence-electron chi connectivity index (χ1n) is 5.61. The van der Waals surface area contributed by atoms with Gasteiger partial charge < -0.3 is 15.0 Å². The van der Waals surface area contributed by atoms with Crippen molar-refractivity contribution < 1.29 is 0 Å². The second kappa shape index (κ2) is 9.49. The van der Waals surface area contributed by atoms with Crippen molar-refractivity contribution >= 4 is 36.7 Å². The summed E-state index contributed by atoms with van der Waals surface area (Å²) in [6.45, 7) is 0. The molecule has 0 amide bonds. The van der Waals surface area contributed by atoms with Crippen LogP contribution in [0.1, 0.15) is 0 Å². The summed E-state index contributed by atoms with van der Waals surface area (Å²) < 4.78 is 1.28. The van der Waals surface area contributed by atoms with Crippen molar-refractivity contribution in [1.29, 1.82) is 0 Å². The lowest BCUT2D eigenvalue weighted by Gasteiger charge is -1.78. The van der Waals surface area contributed by atoms with Gasteiger partial charge in [0.1, 0.15) is 6.20 Å². The largest absolute Gasteiger partial charge is 0.339 e. The van der Waals surface area contributed by atoms with E-state index in [9.17, 15) is 9.59 Å². The smallest absolute Gasteiger partial charge is 0.270 e. The zero-order valence-electron chi connectivity index (χ0n) is 10.9. The Labute approximate surface area is 137 Å². The Bertz CT molecular complexity index is 834. The summed E-state index contributed by atoms with van der Waals surface area (Å²) in [5, 5.41) is 5.79. The van der Waals surface area contributed by atoms with E-state index in [0.717, 1.165) is 6.20 Å². The van der Waals surface area contributed by atoms with Gasteiger partial charge in [0.25, 0.3) is 11.1 Å². The molecule has 0 aliphatic carbocycles. The van der Waals surface area contributed by atoms with Crippen LogP contribution in [0.2, 0.25) is 0 Å². The molecule has 12 heteroatoms. The van der Waals surface area contributed by atoms with Gasteiger partial charge in [-0.1, -0.05) is 0 Å². The van der Waals surface area contributed by atoms with Crippen LogP contribution in [0.5, 0.6) is 0 Å². The quantitative estimate of drug-likeness (QED) is 0.335. The molecular formula is C10H11N7O2S3. The summed E-state index contributed by atoms with van der Waals surface area (Å²) in [6.07, 6.45) is 6.13. The van der Waals surface area contributed by atoms with Crippen LogP contribution in [0.4, 0.5) is 0 Å². The molecule has 9 nitrogen and oxygen atoms in total. The Kier molecular flexibility index (Phi) is 7.60. The highest BCUT2D eigenvalue weighted by Gasteiger charge is 1.76. The van der Waals surface area contributed by atoms with Gasteiger partial charge in [-0.15, -0.1) is 0 Å². The van der Waals surface area contributed by atoms with Gasteiger partial charge in [-0.2, -0.15) is 5.10 Å². The van der Waals surface area contributed by atoms with Crippen LogP contribution in [0.3, 0.4) is 0 Å². The highest BCUT2D eigenvalue weighted by molar-refractivity contribution is 7.71. The molecule has 0 aromatic carbocycles. The van der Waals surface area contributed by atoms with Gasteiger partial charge in [0, 0.05) is 24.7 Å². The number of nitrogens with one attached hydrogen (secondary N) is 6. The van der Waals surface area contributed by atoms with E-state index >= 15 is 0 Å². The lowest BCUT2D eigenvalue weighted by atomic mass is 10.7.